The van der Waals surface area contributed by atoms with Gasteiger partial charge in [0.15, 0.2) is 0 Å². The van der Waals surface area contributed by atoms with Gasteiger partial charge in [-0.25, -0.2) is 0 Å². The summed E-state index contributed by atoms with van der Waals surface area (Å²) in [5, 5.41) is 6.76. The van der Waals surface area contributed by atoms with Crippen LogP contribution in [0.4, 0.5) is 0 Å². The predicted octanol–water partition coefficient (Wildman–Crippen LogP) is 3.82. The maximum atomic E-state index is 5.69. The third-order valence-electron chi connectivity index (χ3n) is 3.53. The number of hydrogen-bond donors (Lipinski definition) is 2. The lowest BCUT2D eigenvalue weighted by Crippen LogP contribution is -2.29. The van der Waals surface area contributed by atoms with Gasteiger partial charge in [0.25, 0.3) is 0 Å². The molecule has 20 heavy (non-hydrogen) atoms. The fraction of sp³-hybridized carbons (Fsp3) is 0.500. The maximum Gasteiger partial charge on any atom is 0.0644 e. The summed E-state index contributed by atoms with van der Waals surface area (Å²) in [6, 6.07) is 4.79. The Morgan fingerprint density at radius 3 is 2.75 bits per heavy atom. The van der Waals surface area contributed by atoms with Crippen LogP contribution in [0.1, 0.15) is 49.3 Å². The quantitative estimate of drug-likeness (QED) is 0.585. The first-order chi connectivity index (χ1) is 9.67. The number of nitrogens with one attached hydrogen (secondary N) is 1. The first-order valence-electron chi connectivity index (χ1n) is 6.92. The average molecular weight is 357 g/mol. The molecule has 0 aliphatic rings. The van der Waals surface area contributed by atoms with E-state index in [-0.39, 0.29) is 6.04 Å². The molecule has 0 saturated carbocycles. The Hall–Kier alpha value is -0.690. The number of hydrogen-bond acceptors (Lipinski definition) is 4. The van der Waals surface area contributed by atoms with Gasteiger partial charge in [-0.3, -0.25) is 16.0 Å². The second-order valence-corrected chi connectivity index (χ2v) is 6.71. The van der Waals surface area contributed by atoms with Gasteiger partial charge in [-0.1, -0.05) is 13.8 Å². The topological polar surface area (TPSA) is 55.9 Å². The van der Waals surface area contributed by atoms with Gasteiger partial charge in [0.2, 0.25) is 0 Å². The molecule has 2 aromatic rings. The molecule has 1 atom stereocenters. The van der Waals surface area contributed by atoms with Gasteiger partial charge in [-0.05, 0) is 40.9 Å². The van der Waals surface area contributed by atoms with E-state index in [1.807, 2.05) is 0 Å². The third-order valence-corrected chi connectivity index (χ3v) is 5.33. The number of nitrogens with zero attached hydrogens (tertiary/aromatic N) is 2. The Morgan fingerprint density at radius 2 is 2.20 bits per heavy atom. The molecule has 3 N–H and O–H groups in total. The van der Waals surface area contributed by atoms with E-state index in [1.165, 1.54) is 4.88 Å². The van der Waals surface area contributed by atoms with Crippen LogP contribution in [0.3, 0.4) is 0 Å². The highest BCUT2D eigenvalue weighted by atomic mass is 79.9. The van der Waals surface area contributed by atoms with Gasteiger partial charge in [0, 0.05) is 27.3 Å². The second-order valence-electron chi connectivity index (χ2n) is 4.85. The van der Waals surface area contributed by atoms with Crippen molar-refractivity contribution in [2.75, 3.05) is 0 Å². The SMILES string of the molecule is CCC(CC)n1ccc(CC(NN)c2cc(Br)cs2)n1. The van der Waals surface area contributed by atoms with Crippen molar-refractivity contribution in [2.24, 2.45) is 5.84 Å². The molecule has 0 bridgehead atoms. The molecule has 1 unspecified atom stereocenters. The van der Waals surface area contributed by atoms with E-state index in [1.54, 1.807) is 11.3 Å². The number of thiophene rings is 1. The monoisotopic (exact) mass is 356 g/mol. The summed E-state index contributed by atoms with van der Waals surface area (Å²) in [7, 11) is 0. The second kappa shape index (κ2) is 7.36. The number of halogens is 1. The maximum absolute atomic E-state index is 5.69. The molecule has 0 aliphatic carbocycles. The zero-order valence-electron chi connectivity index (χ0n) is 11.8. The first kappa shape index (κ1) is 15.7. The molecule has 0 aromatic carbocycles. The van der Waals surface area contributed by atoms with E-state index in [0.717, 1.165) is 29.4 Å². The van der Waals surface area contributed by atoms with Crippen LogP contribution in [0.5, 0.6) is 0 Å². The zero-order chi connectivity index (χ0) is 14.5. The van der Waals surface area contributed by atoms with Gasteiger partial charge in [0.1, 0.15) is 0 Å². The number of rotatable bonds is 7. The van der Waals surface area contributed by atoms with Crippen LogP contribution in [0, 0.1) is 0 Å². The summed E-state index contributed by atoms with van der Waals surface area (Å²) in [5.74, 6) is 5.69. The first-order valence-corrected chi connectivity index (χ1v) is 8.59. The summed E-state index contributed by atoms with van der Waals surface area (Å²) < 4.78 is 3.17. The van der Waals surface area contributed by atoms with Crippen molar-refractivity contribution < 1.29 is 0 Å². The molecule has 0 fully saturated rings. The van der Waals surface area contributed by atoms with E-state index in [0.29, 0.717) is 6.04 Å². The lowest BCUT2D eigenvalue weighted by Gasteiger charge is -2.14. The average Bonchev–Trinajstić information content (AvgIpc) is 3.07. The van der Waals surface area contributed by atoms with Crippen LogP contribution in [0.25, 0.3) is 0 Å². The van der Waals surface area contributed by atoms with E-state index in [4.69, 9.17) is 5.84 Å². The minimum absolute atomic E-state index is 0.108. The Morgan fingerprint density at radius 1 is 1.45 bits per heavy atom. The van der Waals surface area contributed by atoms with Crippen LogP contribution in [-0.4, -0.2) is 9.78 Å². The highest BCUT2D eigenvalue weighted by Crippen LogP contribution is 2.27. The summed E-state index contributed by atoms with van der Waals surface area (Å²) in [5.41, 5.74) is 3.96. The highest BCUT2D eigenvalue weighted by molar-refractivity contribution is 9.10. The summed E-state index contributed by atoms with van der Waals surface area (Å²) in [6.07, 6.45) is 5.09. The molecular formula is C14H21BrN4S. The molecule has 2 aromatic heterocycles. The molecule has 2 rings (SSSR count). The standard InChI is InChI=1S/C14H21BrN4S/c1-3-12(4-2)19-6-5-11(18-19)8-13(17-16)14-7-10(15)9-20-14/h5-7,9,12-13,17H,3-4,8,16H2,1-2H3. The molecule has 0 aliphatic heterocycles. The van der Waals surface area contributed by atoms with E-state index >= 15 is 0 Å². The minimum Gasteiger partial charge on any atom is -0.271 e. The molecule has 0 spiro atoms. The van der Waals surface area contributed by atoms with Crippen molar-refractivity contribution in [2.45, 2.75) is 45.2 Å². The molecule has 4 nitrogen and oxygen atoms in total. The van der Waals surface area contributed by atoms with Gasteiger partial charge >= 0.3 is 0 Å². The number of nitrogens with two attached hydrogens (primary N) is 1. The lowest BCUT2D eigenvalue weighted by molar-refractivity contribution is 0.423. The Balaban J connectivity index is 2.08. The van der Waals surface area contributed by atoms with Crippen molar-refractivity contribution in [1.29, 1.82) is 0 Å². The Kier molecular flexibility index (Phi) is 5.77. The van der Waals surface area contributed by atoms with Crippen molar-refractivity contribution >= 4 is 27.3 Å². The van der Waals surface area contributed by atoms with Crippen molar-refractivity contribution in [3.8, 4) is 0 Å². The van der Waals surface area contributed by atoms with E-state index in [2.05, 4.69) is 68.7 Å². The normalized spacial score (nSPS) is 13.1. The molecule has 0 amide bonds. The Bertz CT molecular complexity index is 533. The predicted molar refractivity (Wildman–Crippen MR) is 87.6 cm³/mol. The Labute approximate surface area is 132 Å². The zero-order valence-corrected chi connectivity index (χ0v) is 14.2. The lowest BCUT2D eigenvalue weighted by atomic mass is 10.1. The van der Waals surface area contributed by atoms with Crippen LogP contribution in [0.15, 0.2) is 28.2 Å². The van der Waals surface area contributed by atoms with Crippen molar-refractivity contribution in [3.05, 3.63) is 38.8 Å². The fourth-order valence-electron chi connectivity index (χ4n) is 2.31. The van der Waals surface area contributed by atoms with Gasteiger partial charge < -0.3 is 0 Å². The van der Waals surface area contributed by atoms with E-state index in [9.17, 15) is 0 Å². The third kappa shape index (κ3) is 3.69. The smallest absolute Gasteiger partial charge is 0.0644 e. The molecule has 0 radical (unpaired) electrons. The molecule has 0 saturated heterocycles. The summed E-state index contributed by atoms with van der Waals surface area (Å²) in [4.78, 5) is 1.22. The van der Waals surface area contributed by atoms with Gasteiger partial charge in [-0.15, -0.1) is 11.3 Å². The van der Waals surface area contributed by atoms with E-state index < -0.39 is 0 Å². The fourth-order valence-corrected chi connectivity index (χ4v) is 3.82. The van der Waals surface area contributed by atoms with Gasteiger partial charge in [0.05, 0.1) is 17.8 Å². The largest absolute Gasteiger partial charge is 0.271 e. The molecular weight excluding hydrogens is 336 g/mol. The summed E-state index contributed by atoms with van der Waals surface area (Å²) >= 11 is 5.18. The van der Waals surface area contributed by atoms with Crippen LogP contribution >= 0.6 is 27.3 Å². The molecule has 6 heteroatoms. The molecule has 110 valence electrons. The highest BCUT2D eigenvalue weighted by Gasteiger charge is 2.15. The number of hydrazine groups is 1. The van der Waals surface area contributed by atoms with Crippen LogP contribution in [-0.2, 0) is 6.42 Å². The van der Waals surface area contributed by atoms with Crippen LogP contribution in [0.2, 0.25) is 0 Å². The molecule has 2 heterocycles. The minimum atomic E-state index is 0.108. The van der Waals surface area contributed by atoms with Gasteiger partial charge in [-0.2, -0.15) is 5.10 Å². The summed E-state index contributed by atoms with van der Waals surface area (Å²) in [6.45, 7) is 4.39. The van der Waals surface area contributed by atoms with Crippen LogP contribution < -0.4 is 11.3 Å². The van der Waals surface area contributed by atoms with Crippen molar-refractivity contribution in [1.82, 2.24) is 15.2 Å². The number of aromatic nitrogens is 2. The van der Waals surface area contributed by atoms with Crippen molar-refractivity contribution in [3.63, 3.8) is 0 Å².